The Balaban J connectivity index is 1.79. The summed E-state index contributed by atoms with van der Waals surface area (Å²) in [6.45, 7) is -0.0109. The van der Waals surface area contributed by atoms with Crippen molar-refractivity contribution in [3.8, 4) is 0 Å². The smallest absolute Gasteiger partial charge is 0.254 e. The van der Waals surface area contributed by atoms with Gasteiger partial charge in [0, 0.05) is 0 Å². The summed E-state index contributed by atoms with van der Waals surface area (Å²) in [5.74, 6) is 0.105. The van der Waals surface area contributed by atoms with Gasteiger partial charge >= 0.3 is 0 Å². The number of imidazole rings is 1. The van der Waals surface area contributed by atoms with Crippen LogP contribution < -0.4 is 5.32 Å². The average Bonchev–Trinajstić information content (AvgIpc) is 3.02. The number of benzene rings is 1. The molecule has 2 heterocycles. The molecule has 6 nitrogen and oxygen atoms in total. The highest BCUT2D eigenvalue weighted by Crippen LogP contribution is 2.12. The molecule has 96 valence electrons. The van der Waals surface area contributed by atoms with Gasteiger partial charge in [0.2, 0.25) is 5.91 Å². The average molecular weight is 274 g/mol. The van der Waals surface area contributed by atoms with Crippen LogP contribution in [0.15, 0.2) is 35.6 Å². The summed E-state index contributed by atoms with van der Waals surface area (Å²) in [4.78, 5) is 31.3. The van der Waals surface area contributed by atoms with Crippen molar-refractivity contribution in [3.63, 3.8) is 0 Å². The third kappa shape index (κ3) is 2.37. The molecule has 1 aromatic carbocycles. The van der Waals surface area contributed by atoms with Crippen LogP contribution in [-0.4, -0.2) is 38.8 Å². The highest BCUT2D eigenvalue weighted by atomic mass is 32.2. The fraction of sp³-hybridized carbons (Fsp3) is 0.167. The fourth-order valence-corrected chi connectivity index (χ4v) is 2.47. The second kappa shape index (κ2) is 4.85. The Hall–Kier alpha value is -2.15. The molecule has 0 unspecified atom stereocenters. The van der Waals surface area contributed by atoms with Crippen LogP contribution in [0.4, 0.5) is 0 Å². The number of amidine groups is 1. The molecule has 0 spiro atoms. The number of hydrogen-bond acceptors (Lipinski definition) is 5. The SMILES string of the molecule is O=C1CSC(=NCC(=O)n2cnc3ccccc32)N1. The van der Waals surface area contributed by atoms with Crippen LogP contribution in [0.2, 0.25) is 0 Å². The molecule has 1 N–H and O–H groups in total. The maximum atomic E-state index is 12.1. The van der Waals surface area contributed by atoms with E-state index >= 15 is 0 Å². The molecule has 19 heavy (non-hydrogen) atoms. The van der Waals surface area contributed by atoms with Crippen LogP contribution >= 0.6 is 11.8 Å². The van der Waals surface area contributed by atoms with Gasteiger partial charge in [-0.1, -0.05) is 23.9 Å². The Morgan fingerprint density at radius 1 is 1.47 bits per heavy atom. The van der Waals surface area contributed by atoms with Gasteiger partial charge in [-0.25, -0.2) is 4.98 Å². The second-order valence-corrected chi connectivity index (χ2v) is 4.92. The number of thioether (sulfide) groups is 1. The monoisotopic (exact) mass is 274 g/mol. The Kier molecular flexibility index (Phi) is 3.04. The lowest BCUT2D eigenvalue weighted by molar-refractivity contribution is -0.116. The molecule has 1 aromatic heterocycles. The molecule has 0 aliphatic carbocycles. The van der Waals surface area contributed by atoms with Crippen LogP contribution in [0.25, 0.3) is 11.0 Å². The summed E-state index contributed by atoms with van der Waals surface area (Å²) in [6, 6.07) is 7.40. The lowest BCUT2D eigenvalue weighted by atomic mass is 10.3. The predicted octanol–water partition coefficient (Wildman–Crippen LogP) is 0.895. The molecule has 1 aliphatic rings. The number of rotatable bonds is 2. The van der Waals surface area contributed by atoms with E-state index in [4.69, 9.17) is 0 Å². The summed E-state index contributed by atoms with van der Waals surface area (Å²) >= 11 is 1.31. The van der Waals surface area contributed by atoms with E-state index < -0.39 is 0 Å². The van der Waals surface area contributed by atoms with Gasteiger partial charge in [0.05, 0.1) is 16.8 Å². The summed E-state index contributed by atoms with van der Waals surface area (Å²) in [5.41, 5.74) is 1.53. The minimum absolute atomic E-state index is 0.0109. The molecule has 3 rings (SSSR count). The van der Waals surface area contributed by atoms with Gasteiger partial charge in [0.1, 0.15) is 12.9 Å². The molecule has 1 fully saturated rings. The molecule has 7 heteroatoms. The molecular formula is C12H10N4O2S. The zero-order valence-corrected chi connectivity index (χ0v) is 10.7. The zero-order chi connectivity index (χ0) is 13.2. The highest BCUT2D eigenvalue weighted by molar-refractivity contribution is 8.15. The number of carbonyl (C=O) groups is 2. The third-order valence-corrected chi connectivity index (χ3v) is 3.58. The van der Waals surface area contributed by atoms with E-state index in [-0.39, 0.29) is 18.4 Å². The number of carbonyl (C=O) groups excluding carboxylic acids is 2. The second-order valence-electron chi connectivity index (χ2n) is 3.96. The first-order valence-corrected chi connectivity index (χ1v) is 6.65. The zero-order valence-electron chi connectivity index (χ0n) is 9.87. The number of para-hydroxylation sites is 2. The molecule has 0 saturated carbocycles. The number of amides is 1. The van der Waals surface area contributed by atoms with Gasteiger partial charge in [-0.3, -0.25) is 19.1 Å². The van der Waals surface area contributed by atoms with E-state index in [2.05, 4.69) is 15.3 Å². The van der Waals surface area contributed by atoms with E-state index in [1.54, 1.807) is 0 Å². The van der Waals surface area contributed by atoms with Crippen LogP contribution in [0.1, 0.15) is 4.79 Å². The number of aromatic nitrogens is 2. The molecule has 0 radical (unpaired) electrons. The number of hydrogen-bond donors (Lipinski definition) is 1. The van der Waals surface area contributed by atoms with Gasteiger partial charge in [-0.2, -0.15) is 0 Å². The first kappa shape index (κ1) is 11.9. The molecule has 0 atom stereocenters. The Labute approximate surface area is 112 Å². The number of aliphatic imine (C=N–C) groups is 1. The van der Waals surface area contributed by atoms with Crippen molar-refractivity contribution in [1.82, 2.24) is 14.9 Å². The number of nitrogens with one attached hydrogen (secondary N) is 1. The summed E-state index contributed by atoms with van der Waals surface area (Å²) in [5, 5.41) is 3.09. The van der Waals surface area contributed by atoms with Crippen LogP contribution in [0.5, 0.6) is 0 Å². The quantitative estimate of drug-likeness (QED) is 0.882. The highest BCUT2D eigenvalue weighted by Gasteiger charge is 2.17. The van der Waals surface area contributed by atoms with Crippen molar-refractivity contribution in [3.05, 3.63) is 30.6 Å². The first-order valence-electron chi connectivity index (χ1n) is 5.66. The summed E-state index contributed by atoms with van der Waals surface area (Å²) < 4.78 is 1.47. The van der Waals surface area contributed by atoms with E-state index in [1.807, 2.05) is 24.3 Å². The molecular weight excluding hydrogens is 264 g/mol. The lowest BCUT2D eigenvalue weighted by Crippen LogP contribution is -2.22. The standard InChI is InChI=1S/C12H10N4O2S/c17-10-6-19-12(15-10)13-5-11(18)16-7-14-8-3-1-2-4-9(8)16/h1-4,7H,5-6H2,(H,13,15,17). The van der Waals surface area contributed by atoms with Crippen molar-refractivity contribution in [2.24, 2.45) is 4.99 Å². The molecule has 1 saturated heterocycles. The van der Waals surface area contributed by atoms with Crippen molar-refractivity contribution in [2.45, 2.75) is 0 Å². The molecule has 1 amide bonds. The fourth-order valence-electron chi connectivity index (χ4n) is 1.78. The van der Waals surface area contributed by atoms with Gasteiger partial charge in [0.15, 0.2) is 5.17 Å². The Bertz CT molecular complexity index is 692. The van der Waals surface area contributed by atoms with Gasteiger partial charge in [-0.05, 0) is 12.1 Å². The van der Waals surface area contributed by atoms with E-state index in [0.717, 1.165) is 11.0 Å². The van der Waals surface area contributed by atoms with Crippen LogP contribution in [0, 0.1) is 0 Å². The van der Waals surface area contributed by atoms with Crippen molar-refractivity contribution < 1.29 is 9.59 Å². The van der Waals surface area contributed by atoms with Gasteiger partial charge in [0.25, 0.3) is 5.91 Å². The van der Waals surface area contributed by atoms with Crippen molar-refractivity contribution in [2.75, 3.05) is 12.3 Å². The summed E-state index contributed by atoms with van der Waals surface area (Å²) in [7, 11) is 0. The van der Waals surface area contributed by atoms with E-state index in [0.29, 0.717) is 10.9 Å². The molecule has 0 bridgehead atoms. The van der Waals surface area contributed by atoms with Crippen molar-refractivity contribution in [1.29, 1.82) is 0 Å². The topological polar surface area (TPSA) is 76.3 Å². The Morgan fingerprint density at radius 2 is 2.32 bits per heavy atom. The molecule has 2 aromatic rings. The normalized spacial score (nSPS) is 17.1. The summed E-state index contributed by atoms with van der Waals surface area (Å²) in [6.07, 6.45) is 1.49. The lowest BCUT2D eigenvalue weighted by Gasteiger charge is -2.00. The van der Waals surface area contributed by atoms with Crippen LogP contribution in [0.3, 0.4) is 0 Å². The van der Waals surface area contributed by atoms with E-state index in [9.17, 15) is 9.59 Å². The largest absolute Gasteiger partial charge is 0.305 e. The maximum Gasteiger partial charge on any atom is 0.254 e. The first-order chi connectivity index (χ1) is 9.24. The van der Waals surface area contributed by atoms with Crippen LogP contribution in [-0.2, 0) is 4.79 Å². The van der Waals surface area contributed by atoms with E-state index in [1.165, 1.54) is 22.7 Å². The number of nitrogens with zero attached hydrogens (tertiary/aromatic N) is 3. The molecule has 1 aliphatic heterocycles. The minimum atomic E-state index is -0.178. The Morgan fingerprint density at radius 3 is 3.11 bits per heavy atom. The maximum absolute atomic E-state index is 12.1. The third-order valence-electron chi connectivity index (χ3n) is 2.67. The van der Waals surface area contributed by atoms with Gasteiger partial charge < -0.3 is 5.32 Å². The minimum Gasteiger partial charge on any atom is -0.305 e. The number of fused-ring (bicyclic) bond motifs is 1. The van der Waals surface area contributed by atoms with Gasteiger partial charge in [-0.15, -0.1) is 0 Å². The predicted molar refractivity (Wildman–Crippen MR) is 73.3 cm³/mol. The van der Waals surface area contributed by atoms with Crippen molar-refractivity contribution >= 4 is 39.8 Å².